The van der Waals surface area contributed by atoms with Crippen LogP contribution in [0.3, 0.4) is 0 Å². The molecule has 26 heavy (non-hydrogen) atoms. The van der Waals surface area contributed by atoms with Crippen LogP contribution in [0.5, 0.6) is 0 Å². The maximum atomic E-state index is 10.8. The van der Waals surface area contributed by atoms with Gasteiger partial charge in [0.2, 0.25) is 0 Å². The smallest absolute Gasteiger partial charge is 0.0945 e. The number of piperidine rings is 1. The van der Waals surface area contributed by atoms with E-state index in [1.54, 1.807) is 0 Å². The van der Waals surface area contributed by atoms with Crippen LogP contribution < -0.4 is 0 Å². The first-order valence-corrected chi connectivity index (χ1v) is 12.8. The molecule has 1 aliphatic rings. The quantitative estimate of drug-likeness (QED) is 0.206. The number of quaternary nitrogens is 1. The lowest BCUT2D eigenvalue weighted by molar-refractivity contribution is -0.932. The molecule has 0 aromatic heterocycles. The molecule has 156 valence electrons. The van der Waals surface area contributed by atoms with Crippen molar-refractivity contribution in [1.82, 2.24) is 0 Å². The summed E-state index contributed by atoms with van der Waals surface area (Å²) >= 11 is 0. The van der Waals surface area contributed by atoms with Gasteiger partial charge in [-0.1, -0.05) is 58.3 Å². The zero-order chi connectivity index (χ0) is 19.1. The number of hydrogen-bond donors (Lipinski definition) is 0. The second-order valence-electron chi connectivity index (χ2n) is 8.45. The molecule has 0 bridgehead atoms. The van der Waals surface area contributed by atoms with Crippen LogP contribution in [0, 0.1) is 0 Å². The van der Waals surface area contributed by atoms with Crippen LogP contribution in [0.4, 0.5) is 0 Å². The summed E-state index contributed by atoms with van der Waals surface area (Å²) in [5, 5.41) is 0. The molecule has 0 radical (unpaired) electrons. The topological polar surface area (TPSA) is 57.2 Å². The van der Waals surface area contributed by atoms with Gasteiger partial charge in [0, 0.05) is 5.75 Å². The highest BCUT2D eigenvalue weighted by Crippen LogP contribution is 2.22. The number of likely N-dealkylation sites (tertiary alicyclic amines) is 1. The first-order chi connectivity index (χ1) is 12.5. The maximum Gasteiger partial charge on any atom is 0.0945 e. The predicted molar refractivity (Wildman–Crippen MR) is 109 cm³/mol. The minimum Gasteiger partial charge on any atom is -0.748 e. The van der Waals surface area contributed by atoms with Gasteiger partial charge >= 0.3 is 0 Å². The van der Waals surface area contributed by atoms with Crippen LogP contribution in [-0.4, -0.2) is 49.4 Å². The summed E-state index contributed by atoms with van der Waals surface area (Å²) in [6.45, 7) is 7.08. The fourth-order valence-electron chi connectivity index (χ4n) is 4.40. The van der Waals surface area contributed by atoms with Gasteiger partial charge in [-0.25, -0.2) is 8.42 Å². The first-order valence-electron chi connectivity index (χ1n) is 11.3. The predicted octanol–water partition coefficient (Wildman–Crippen LogP) is 5.23. The lowest BCUT2D eigenvalue weighted by atomic mass is 10.0. The largest absolute Gasteiger partial charge is 0.748 e. The molecule has 1 heterocycles. The average Bonchev–Trinajstić information content (AvgIpc) is 2.61. The molecule has 0 aromatic rings. The van der Waals surface area contributed by atoms with Crippen molar-refractivity contribution in [2.24, 2.45) is 0 Å². The third-order valence-electron chi connectivity index (χ3n) is 6.03. The normalized spacial score (nSPS) is 17.5. The van der Waals surface area contributed by atoms with Crippen molar-refractivity contribution in [3.05, 3.63) is 0 Å². The Hall–Kier alpha value is -0.130. The Balaban J connectivity index is 2.13. The van der Waals surface area contributed by atoms with Crippen molar-refractivity contribution >= 4 is 10.1 Å². The molecular weight excluding hydrogens is 346 g/mol. The molecule has 5 heteroatoms. The minimum atomic E-state index is -4.04. The van der Waals surface area contributed by atoms with E-state index in [0.717, 1.165) is 13.0 Å². The van der Waals surface area contributed by atoms with E-state index < -0.39 is 10.1 Å². The van der Waals surface area contributed by atoms with Crippen molar-refractivity contribution in [3.8, 4) is 0 Å². The molecular formula is C21H43NO3S. The summed E-state index contributed by atoms with van der Waals surface area (Å²) in [5.41, 5.74) is 0. The highest BCUT2D eigenvalue weighted by molar-refractivity contribution is 7.85. The number of rotatable bonds is 16. The highest BCUT2D eigenvalue weighted by Gasteiger charge is 2.28. The van der Waals surface area contributed by atoms with Gasteiger partial charge in [0.25, 0.3) is 0 Å². The van der Waals surface area contributed by atoms with Crippen molar-refractivity contribution in [1.29, 1.82) is 0 Å². The average molecular weight is 390 g/mol. The summed E-state index contributed by atoms with van der Waals surface area (Å²) < 4.78 is 33.5. The van der Waals surface area contributed by atoms with Gasteiger partial charge in [-0.2, -0.15) is 0 Å². The van der Waals surface area contributed by atoms with Crippen molar-refractivity contribution < 1.29 is 17.5 Å². The third kappa shape index (κ3) is 12.3. The Morgan fingerprint density at radius 2 is 1.15 bits per heavy atom. The number of hydrogen-bond acceptors (Lipinski definition) is 3. The zero-order valence-electron chi connectivity index (χ0n) is 17.2. The van der Waals surface area contributed by atoms with E-state index in [4.69, 9.17) is 0 Å². The fourth-order valence-corrected chi connectivity index (χ4v) is 4.96. The van der Waals surface area contributed by atoms with Crippen molar-refractivity contribution in [2.75, 3.05) is 31.9 Å². The molecule has 0 spiro atoms. The molecule has 0 unspecified atom stereocenters. The number of nitrogens with zero attached hydrogens (tertiary/aromatic N) is 1. The van der Waals surface area contributed by atoms with E-state index in [9.17, 15) is 13.0 Å². The summed E-state index contributed by atoms with van der Waals surface area (Å²) in [4.78, 5) is 0. The molecule has 4 nitrogen and oxygen atoms in total. The van der Waals surface area contributed by atoms with E-state index in [1.807, 2.05) is 0 Å². The van der Waals surface area contributed by atoms with Crippen LogP contribution in [0.1, 0.15) is 103 Å². The molecule has 0 saturated carbocycles. The monoisotopic (exact) mass is 389 g/mol. The van der Waals surface area contributed by atoms with Gasteiger partial charge in [-0.15, -0.1) is 0 Å². The Morgan fingerprint density at radius 1 is 0.692 bits per heavy atom. The summed E-state index contributed by atoms with van der Waals surface area (Å²) in [6.07, 6.45) is 19.1. The van der Waals surface area contributed by atoms with Crippen LogP contribution in [0.2, 0.25) is 0 Å². The molecule has 0 aliphatic carbocycles. The lowest BCUT2D eigenvalue weighted by Gasteiger charge is -2.42. The second-order valence-corrected chi connectivity index (χ2v) is 9.97. The second kappa shape index (κ2) is 14.0. The van der Waals surface area contributed by atoms with Gasteiger partial charge in [-0.05, 0) is 44.9 Å². The molecule has 1 aliphatic heterocycles. The van der Waals surface area contributed by atoms with Gasteiger partial charge < -0.3 is 9.04 Å². The van der Waals surface area contributed by atoms with E-state index >= 15 is 0 Å². The minimum absolute atomic E-state index is 0.189. The zero-order valence-corrected chi connectivity index (χ0v) is 18.0. The van der Waals surface area contributed by atoms with E-state index in [1.165, 1.54) is 108 Å². The molecule has 1 rings (SSSR count). The van der Waals surface area contributed by atoms with Gasteiger partial charge in [0.15, 0.2) is 0 Å². The van der Waals surface area contributed by atoms with Gasteiger partial charge in [0.05, 0.1) is 36.3 Å². The first kappa shape index (κ1) is 23.9. The molecule has 0 aromatic carbocycles. The van der Waals surface area contributed by atoms with Gasteiger partial charge in [-0.3, -0.25) is 0 Å². The molecule has 1 fully saturated rings. The van der Waals surface area contributed by atoms with E-state index in [2.05, 4.69) is 6.92 Å². The highest BCUT2D eigenvalue weighted by atomic mass is 32.2. The Bertz CT molecular complexity index is 431. The van der Waals surface area contributed by atoms with Crippen LogP contribution >= 0.6 is 0 Å². The number of unbranched alkanes of at least 4 members (excludes halogenated alkanes) is 10. The van der Waals surface area contributed by atoms with E-state index in [-0.39, 0.29) is 5.75 Å². The molecule has 0 N–H and O–H groups in total. The van der Waals surface area contributed by atoms with Crippen LogP contribution in [0.25, 0.3) is 0 Å². The Kier molecular flexibility index (Phi) is 12.8. The standard InChI is InChI=1S/C21H43NO3S/c1-2-3-4-5-6-7-8-9-10-12-17-22(18-13-11-14-19-22)20-15-16-21-26(23,24)25/h2-21H2,1H3. The summed E-state index contributed by atoms with van der Waals surface area (Å²) in [5.74, 6) is -0.189. The summed E-state index contributed by atoms with van der Waals surface area (Å²) in [7, 11) is -4.04. The van der Waals surface area contributed by atoms with Crippen LogP contribution in [-0.2, 0) is 10.1 Å². The summed E-state index contributed by atoms with van der Waals surface area (Å²) in [6, 6.07) is 0. The van der Waals surface area contributed by atoms with Crippen molar-refractivity contribution in [3.63, 3.8) is 0 Å². The van der Waals surface area contributed by atoms with E-state index in [0.29, 0.717) is 6.42 Å². The molecule has 0 atom stereocenters. The SMILES string of the molecule is CCCCCCCCCCCC[N+]1(CCCCS(=O)(=O)[O-])CCCCC1. The van der Waals surface area contributed by atoms with Crippen LogP contribution in [0.15, 0.2) is 0 Å². The Morgan fingerprint density at radius 3 is 1.65 bits per heavy atom. The fraction of sp³-hybridized carbons (Fsp3) is 1.00. The van der Waals surface area contributed by atoms with Crippen molar-refractivity contribution in [2.45, 2.75) is 103 Å². The third-order valence-corrected chi connectivity index (χ3v) is 6.82. The lowest BCUT2D eigenvalue weighted by Crippen LogP contribution is -2.52. The Labute approximate surface area is 163 Å². The molecule has 0 amide bonds. The van der Waals surface area contributed by atoms with Gasteiger partial charge in [0.1, 0.15) is 0 Å². The maximum absolute atomic E-state index is 10.8. The molecule has 1 saturated heterocycles.